The molecule has 2 rings (SSSR count). The number of halogens is 5. The molecular weight excluding hydrogens is 259 g/mol. The average Bonchev–Trinajstić information content (AvgIpc) is 2.68. The molecule has 2 aromatic rings. The van der Waals surface area contributed by atoms with Gasteiger partial charge in [-0.05, 0) is 12.1 Å². The fraction of sp³-hybridized carbons (Fsp3) is 0.333. The number of nitrogens with zero attached hydrogens (tertiary/aromatic N) is 3. The van der Waals surface area contributed by atoms with E-state index in [2.05, 4.69) is 10.1 Å². The SMILES string of the molecule is Fc1ccc2nc(NCC(F)(F)C(F)F)nn2c1. The molecule has 2 heterocycles. The highest BCUT2D eigenvalue weighted by Crippen LogP contribution is 2.22. The van der Waals surface area contributed by atoms with E-state index in [1.807, 2.05) is 5.32 Å². The highest BCUT2D eigenvalue weighted by atomic mass is 19.3. The minimum Gasteiger partial charge on any atom is -0.347 e. The molecule has 9 heteroatoms. The van der Waals surface area contributed by atoms with Crippen LogP contribution in [0, 0.1) is 5.82 Å². The number of hydrogen-bond acceptors (Lipinski definition) is 3. The van der Waals surface area contributed by atoms with Crippen LogP contribution in [-0.2, 0) is 0 Å². The van der Waals surface area contributed by atoms with Crippen molar-refractivity contribution >= 4 is 11.6 Å². The third-order valence-electron chi connectivity index (χ3n) is 2.10. The van der Waals surface area contributed by atoms with E-state index >= 15 is 0 Å². The number of hydrogen-bond donors (Lipinski definition) is 1. The monoisotopic (exact) mass is 266 g/mol. The summed E-state index contributed by atoms with van der Waals surface area (Å²) in [7, 11) is 0. The molecule has 0 aliphatic carbocycles. The number of nitrogens with one attached hydrogen (secondary N) is 1. The van der Waals surface area contributed by atoms with Gasteiger partial charge in [-0.1, -0.05) is 0 Å². The summed E-state index contributed by atoms with van der Waals surface area (Å²) in [5.74, 6) is -5.04. The lowest BCUT2D eigenvalue weighted by Gasteiger charge is -2.14. The van der Waals surface area contributed by atoms with Crippen molar-refractivity contribution in [1.29, 1.82) is 0 Å². The van der Waals surface area contributed by atoms with Crippen LogP contribution in [0.5, 0.6) is 0 Å². The summed E-state index contributed by atoms with van der Waals surface area (Å²) >= 11 is 0. The summed E-state index contributed by atoms with van der Waals surface area (Å²) in [4.78, 5) is 3.71. The van der Waals surface area contributed by atoms with E-state index in [9.17, 15) is 22.0 Å². The van der Waals surface area contributed by atoms with Gasteiger partial charge in [0.05, 0.1) is 12.7 Å². The summed E-state index contributed by atoms with van der Waals surface area (Å²) in [5.41, 5.74) is 0.208. The Kier molecular flexibility index (Phi) is 3.05. The second-order valence-corrected chi connectivity index (χ2v) is 3.50. The maximum atomic E-state index is 12.8. The van der Waals surface area contributed by atoms with Crippen LogP contribution >= 0.6 is 0 Å². The predicted molar refractivity (Wildman–Crippen MR) is 52.4 cm³/mol. The zero-order chi connectivity index (χ0) is 13.3. The largest absolute Gasteiger partial charge is 0.347 e. The van der Waals surface area contributed by atoms with Crippen LogP contribution in [0.1, 0.15) is 0 Å². The molecule has 0 fully saturated rings. The molecule has 0 atom stereocenters. The summed E-state index contributed by atoms with van der Waals surface area (Å²) in [6.45, 7) is -1.30. The van der Waals surface area contributed by atoms with Crippen LogP contribution < -0.4 is 5.32 Å². The molecule has 2 aromatic heterocycles. The van der Waals surface area contributed by atoms with Crippen molar-refractivity contribution in [1.82, 2.24) is 14.6 Å². The standard InChI is InChI=1S/C9H7F5N4/c10-5-1-2-6-16-8(17-18(6)3-5)15-4-9(13,14)7(11)12/h1-3,7H,4H2,(H,15,17). The van der Waals surface area contributed by atoms with Crippen LogP contribution in [0.25, 0.3) is 5.65 Å². The molecule has 0 aliphatic rings. The average molecular weight is 266 g/mol. The van der Waals surface area contributed by atoms with Gasteiger partial charge in [-0.2, -0.15) is 13.8 Å². The first-order chi connectivity index (χ1) is 8.38. The van der Waals surface area contributed by atoms with Gasteiger partial charge in [0.15, 0.2) is 5.65 Å². The molecule has 0 aromatic carbocycles. The van der Waals surface area contributed by atoms with Crippen LogP contribution in [0.3, 0.4) is 0 Å². The third kappa shape index (κ3) is 2.49. The van der Waals surface area contributed by atoms with Crippen LogP contribution in [0.15, 0.2) is 18.3 Å². The summed E-state index contributed by atoms with van der Waals surface area (Å²) < 4.78 is 62.8. The van der Waals surface area contributed by atoms with Gasteiger partial charge in [-0.3, -0.25) is 0 Å². The molecule has 18 heavy (non-hydrogen) atoms. The lowest BCUT2D eigenvalue weighted by Crippen LogP contribution is -2.35. The predicted octanol–water partition coefficient (Wildman–Crippen LogP) is 2.18. The smallest absolute Gasteiger partial charge is 0.324 e. The highest BCUT2D eigenvalue weighted by molar-refractivity contribution is 5.43. The molecular formula is C9H7F5N4. The van der Waals surface area contributed by atoms with Gasteiger partial charge < -0.3 is 5.32 Å². The van der Waals surface area contributed by atoms with Crippen molar-refractivity contribution < 1.29 is 22.0 Å². The molecule has 0 spiro atoms. The van der Waals surface area contributed by atoms with Gasteiger partial charge in [0.25, 0.3) is 0 Å². The lowest BCUT2D eigenvalue weighted by molar-refractivity contribution is -0.117. The Labute approximate surface area is 97.4 Å². The first-order valence-electron chi connectivity index (χ1n) is 4.80. The number of alkyl halides is 4. The van der Waals surface area contributed by atoms with Crippen molar-refractivity contribution in [2.45, 2.75) is 12.3 Å². The van der Waals surface area contributed by atoms with Gasteiger partial charge in [0.1, 0.15) is 5.82 Å². The lowest BCUT2D eigenvalue weighted by atomic mass is 10.3. The molecule has 0 aliphatic heterocycles. The second kappa shape index (κ2) is 4.39. The third-order valence-corrected chi connectivity index (χ3v) is 2.10. The molecule has 0 saturated heterocycles. The molecule has 1 N–H and O–H groups in total. The molecule has 0 saturated carbocycles. The van der Waals surface area contributed by atoms with Gasteiger partial charge in [-0.15, -0.1) is 5.10 Å². The molecule has 0 unspecified atom stereocenters. The zero-order valence-corrected chi connectivity index (χ0v) is 8.75. The number of aromatic nitrogens is 3. The van der Waals surface area contributed by atoms with Crippen molar-refractivity contribution in [2.24, 2.45) is 0 Å². The number of rotatable bonds is 4. The summed E-state index contributed by atoms with van der Waals surface area (Å²) in [5, 5.41) is 5.59. The Balaban J connectivity index is 2.13. The minimum absolute atomic E-state index is 0.208. The summed E-state index contributed by atoms with van der Waals surface area (Å²) in [6.07, 6.45) is -2.79. The molecule has 0 amide bonds. The summed E-state index contributed by atoms with van der Waals surface area (Å²) in [6, 6.07) is 2.39. The van der Waals surface area contributed by atoms with Gasteiger partial charge in [-0.25, -0.2) is 17.7 Å². The maximum absolute atomic E-state index is 12.8. The quantitative estimate of drug-likeness (QED) is 0.862. The maximum Gasteiger partial charge on any atom is 0.324 e. The molecule has 4 nitrogen and oxygen atoms in total. The first kappa shape index (κ1) is 12.5. The van der Waals surface area contributed by atoms with Gasteiger partial charge in [0.2, 0.25) is 5.95 Å². The first-order valence-corrected chi connectivity index (χ1v) is 4.80. The Morgan fingerprint density at radius 2 is 2.06 bits per heavy atom. The molecule has 98 valence electrons. The number of pyridine rings is 1. The van der Waals surface area contributed by atoms with E-state index in [4.69, 9.17) is 0 Å². The topological polar surface area (TPSA) is 42.2 Å². The fourth-order valence-corrected chi connectivity index (χ4v) is 1.21. The normalized spacial score (nSPS) is 12.3. The number of anilines is 1. The highest BCUT2D eigenvalue weighted by Gasteiger charge is 2.40. The van der Waals surface area contributed by atoms with E-state index in [1.54, 1.807) is 0 Å². The Morgan fingerprint density at radius 1 is 1.33 bits per heavy atom. The Bertz CT molecular complexity index is 553. The minimum atomic E-state index is -4.18. The van der Waals surface area contributed by atoms with Crippen molar-refractivity contribution in [3.8, 4) is 0 Å². The Morgan fingerprint density at radius 3 is 2.72 bits per heavy atom. The van der Waals surface area contributed by atoms with Crippen molar-refractivity contribution in [2.75, 3.05) is 11.9 Å². The van der Waals surface area contributed by atoms with Crippen LogP contribution in [0.2, 0.25) is 0 Å². The van der Waals surface area contributed by atoms with E-state index in [1.165, 1.54) is 6.07 Å². The fourth-order valence-electron chi connectivity index (χ4n) is 1.21. The second-order valence-electron chi connectivity index (χ2n) is 3.50. The Hall–Kier alpha value is -1.93. The van der Waals surface area contributed by atoms with Gasteiger partial charge in [0, 0.05) is 0 Å². The van der Waals surface area contributed by atoms with E-state index in [0.29, 0.717) is 0 Å². The van der Waals surface area contributed by atoms with E-state index < -0.39 is 24.7 Å². The molecule has 0 radical (unpaired) electrons. The zero-order valence-electron chi connectivity index (χ0n) is 8.75. The van der Waals surface area contributed by atoms with E-state index in [0.717, 1.165) is 16.8 Å². The van der Waals surface area contributed by atoms with Crippen LogP contribution in [0.4, 0.5) is 27.9 Å². The number of fused-ring (bicyclic) bond motifs is 1. The van der Waals surface area contributed by atoms with Crippen molar-refractivity contribution in [3.05, 3.63) is 24.1 Å². The van der Waals surface area contributed by atoms with Crippen molar-refractivity contribution in [3.63, 3.8) is 0 Å². The van der Waals surface area contributed by atoms with E-state index in [-0.39, 0.29) is 11.6 Å². The van der Waals surface area contributed by atoms with Crippen LogP contribution in [-0.4, -0.2) is 33.5 Å². The molecule has 0 bridgehead atoms. The van der Waals surface area contributed by atoms with Gasteiger partial charge >= 0.3 is 12.3 Å².